The van der Waals surface area contributed by atoms with Crippen molar-refractivity contribution in [2.45, 2.75) is 47.0 Å². The molecule has 0 saturated carbocycles. The fraction of sp³-hybridized carbons (Fsp3) is 0.389. The summed E-state index contributed by atoms with van der Waals surface area (Å²) in [6.45, 7) is 7.77. The Bertz CT molecular complexity index is 715. The predicted octanol–water partition coefficient (Wildman–Crippen LogP) is 3.49. The van der Waals surface area contributed by atoms with Crippen LogP contribution in [0.25, 0.3) is 0 Å². The Kier molecular flexibility index (Phi) is 5.32. The number of nitrogens with zero attached hydrogens (tertiary/aromatic N) is 2. The minimum absolute atomic E-state index is 0.0492. The van der Waals surface area contributed by atoms with Gasteiger partial charge in [-0.25, -0.2) is 4.68 Å². The molecule has 0 unspecified atom stereocenters. The molecule has 0 radical (unpaired) electrons. The van der Waals surface area contributed by atoms with Gasteiger partial charge in [-0.05, 0) is 50.1 Å². The number of aromatic nitrogens is 2. The van der Waals surface area contributed by atoms with E-state index in [1.165, 1.54) is 4.68 Å². The summed E-state index contributed by atoms with van der Waals surface area (Å²) in [7, 11) is 0. The van der Waals surface area contributed by atoms with E-state index in [0.717, 1.165) is 29.8 Å². The molecule has 0 atom stereocenters. The van der Waals surface area contributed by atoms with Crippen molar-refractivity contribution in [1.29, 1.82) is 0 Å². The average molecular weight is 313 g/mol. The van der Waals surface area contributed by atoms with Crippen molar-refractivity contribution in [3.8, 4) is 0 Å². The second kappa shape index (κ2) is 7.22. The number of anilines is 1. The summed E-state index contributed by atoms with van der Waals surface area (Å²) in [5.74, 6) is -0.201. The number of carbonyl (C=O) groups excluding carboxylic acids is 2. The first-order valence-corrected chi connectivity index (χ1v) is 7.97. The van der Waals surface area contributed by atoms with Crippen LogP contribution >= 0.6 is 0 Å². The number of rotatable bonds is 5. The van der Waals surface area contributed by atoms with Crippen molar-refractivity contribution < 1.29 is 9.59 Å². The van der Waals surface area contributed by atoms with E-state index in [0.29, 0.717) is 17.7 Å². The summed E-state index contributed by atoms with van der Waals surface area (Å²) in [6, 6.07) is 6.89. The van der Waals surface area contributed by atoms with E-state index in [4.69, 9.17) is 0 Å². The topological polar surface area (TPSA) is 64.0 Å². The van der Waals surface area contributed by atoms with E-state index in [2.05, 4.69) is 17.3 Å². The van der Waals surface area contributed by atoms with Crippen LogP contribution in [0.5, 0.6) is 0 Å². The van der Waals surface area contributed by atoms with Crippen molar-refractivity contribution in [2.24, 2.45) is 0 Å². The maximum atomic E-state index is 12.6. The van der Waals surface area contributed by atoms with Crippen molar-refractivity contribution >= 4 is 17.5 Å². The van der Waals surface area contributed by atoms with Gasteiger partial charge in [-0.3, -0.25) is 9.59 Å². The summed E-state index contributed by atoms with van der Waals surface area (Å²) in [6.07, 6.45) is 2.37. The highest BCUT2D eigenvalue weighted by molar-refractivity contribution is 5.97. The third kappa shape index (κ3) is 3.67. The zero-order valence-corrected chi connectivity index (χ0v) is 14.1. The third-order valence-corrected chi connectivity index (χ3v) is 3.87. The second-order valence-electron chi connectivity index (χ2n) is 5.60. The Balaban J connectivity index is 2.24. The highest BCUT2D eigenvalue weighted by Gasteiger charge is 2.17. The lowest BCUT2D eigenvalue weighted by Gasteiger charge is -2.06. The molecule has 122 valence electrons. The van der Waals surface area contributed by atoms with Crippen LogP contribution in [-0.4, -0.2) is 21.6 Å². The number of amides is 1. The molecule has 0 spiro atoms. The van der Waals surface area contributed by atoms with Gasteiger partial charge >= 0.3 is 0 Å². The number of carbonyl (C=O) groups is 2. The minimum atomic E-state index is -0.152. The van der Waals surface area contributed by atoms with Gasteiger partial charge in [0.25, 0.3) is 5.91 Å². The average Bonchev–Trinajstić information content (AvgIpc) is 2.83. The van der Waals surface area contributed by atoms with Crippen molar-refractivity contribution in [2.75, 3.05) is 5.32 Å². The first kappa shape index (κ1) is 16.9. The van der Waals surface area contributed by atoms with Gasteiger partial charge in [0.05, 0.1) is 5.69 Å². The van der Waals surface area contributed by atoms with E-state index < -0.39 is 0 Å². The molecule has 23 heavy (non-hydrogen) atoms. The Hall–Kier alpha value is -2.43. The van der Waals surface area contributed by atoms with Gasteiger partial charge in [-0.2, -0.15) is 5.10 Å². The molecule has 0 saturated heterocycles. The van der Waals surface area contributed by atoms with E-state index in [1.807, 2.05) is 13.8 Å². The minimum Gasteiger partial charge on any atom is -0.326 e. The zero-order valence-electron chi connectivity index (χ0n) is 14.1. The molecular formula is C18H23N3O2. The van der Waals surface area contributed by atoms with Crippen LogP contribution in [0, 0.1) is 13.8 Å². The van der Waals surface area contributed by atoms with Crippen LogP contribution in [0.1, 0.15) is 54.0 Å². The first-order valence-electron chi connectivity index (χ1n) is 7.97. The number of hydrogen-bond donors (Lipinski definition) is 1. The van der Waals surface area contributed by atoms with Crippen LogP contribution in [0.3, 0.4) is 0 Å². The van der Waals surface area contributed by atoms with Gasteiger partial charge in [0, 0.05) is 23.4 Å². The van der Waals surface area contributed by atoms with Crippen LogP contribution in [0.15, 0.2) is 24.3 Å². The van der Waals surface area contributed by atoms with Crippen LogP contribution < -0.4 is 5.32 Å². The second-order valence-corrected chi connectivity index (χ2v) is 5.60. The van der Waals surface area contributed by atoms with Gasteiger partial charge in [0.1, 0.15) is 0 Å². The van der Waals surface area contributed by atoms with Gasteiger partial charge in [0.2, 0.25) is 5.91 Å². The smallest absolute Gasteiger partial charge is 0.278 e. The van der Waals surface area contributed by atoms with Gasteiger partial charge in [-0.1, -0.05) is 20.3 Å². The Morgan fingerprint density at radius 2 is 1.78 bits per heavy atom. The molecular weight excluding hydrogens is 290 g/mol. The normalized spacial score (nSPS) is 10.6. The zero-order chi connectivity index (χ0) is 17.0. The molecule has 2 aromatic rings. The fourth-order valence-electron chi connectivity index (χ4n) is 2.55. The molecule has 0 aliphatic rings. The summed E-state index contributed by atoms with van der Waals surface area (Å²) < 4.78 is 1.47. The predicted molar refractivity (Wildman–Crippen MR) is 90.8 cm³/mol. The molecule has 1 heterocycles. The Morgan fingerprint density at radius 1 is 1.13 bits per heavy atom. The Labute approximate surface area is 136 Å². The van der Waals surface area contributed by atoms with E-state index in [9.17, 15) is 9.59 Å². The van der Waals surface area contributed by atoms with Crippen molar-refractivity contribution in [3.63, 3.8) is 0 Å². The van der Waals surface area contributed by atoms with E-state index in [1.54, 1.807) is 31.2 Å². The highest BCUT2D eigenvalue weighted by atomic mass is 16.2. The molecule has 0 aliphatic heterocycles. The molecule has 2 rings (SSSR count). The summed E-state index contributed by atoms with van der Waals surface area (Å²) in [4.78, 5) is 24.0. The summed E-state index contributed by atoms with van der Waals surface area (Å²) in [5, 5.41) is 7.15. The molecule has 0 aliphatic carbocycles. The van der Waals surface area contributed by atoms with Crippen LogP contribution in [-0.2, 0) is 11.2 Å². The van der Waals surface area contributed by atoms with Gasteiger partial charge < -0.3 is 5.32 Å². The lowest BCUT2D eigenvalue weighted by atomic mass is 10.1. The molecule has 1 N–H and O–H groups in total. The van der Waals surface area contributed by atoms with Gasteiger partial charge in [-0.15, -0.1) is 0 Å². The number of hydrogen-bond acceptors (Lipinski definition) is 3. The molecule has 5 nitrogen and oxygen atoms in total. The lowest BCUT2D eigenvalue weighted by Crippen LogP contribution is -2.16. The van der Waals surface area contributed by atoms with Crippen molar-refractivity contribution in [1.82, 2.24) is 9.78 Å². The third-order valence-electron chi connectivity index (χ3n) is 3.87. The summed E-state index contributed by atoms with van der Waals surface area (Å²) >= 11 is 0. The Morgan fingerprint density at radius 3 is 2.35 bits per heavy atom. The first-order chi connectivity index (χ1) is 11.0. The monoisotopic (exact) mass is 313 g/mol. The fourth-order valence-corrected chi connectivity index (χ4v) is 2.55. The number of benzene rings is 1. The molecule has 1 aromatic carbocycles. The maximum Gasteiger partial charge on any atom is 0.278 e. The van der Waals surface area contributed by atoms with Gasteiger partial charge in [0.15, 0.2) is 0 Å². The summed E-state index contributed by atoms with van der Waals surface area (Å²) in [5.41, 5.74) is 4.19. The van der Waals surface area contributed by atoms with E-state index >= 15 is 0 Å². The highest BCUT2D eigenvalue weighted by Crippen LogP contribution is 2.17. The maximum absolute atomic E-state index is 12.6. The quantitative estimate of drug-likeness (QED) is 0.919. The number of aryl methyl sites for hydroxylation is 1. The lowest BCUT2D eigenvalue weighted by molar-refractivity contribution is -0.115. The molecule has 0 bridgehead atoms. The van der Waals surface area contributed by atoms with E-state index in [-0.39, 0.29) is 11.8 Å². The largest absolute Gasteiger partial charge is 0.326 e. The SMILES string of the molecule is CCCc1c(C)nn(C(=O)c2ccc(NC(=O)CC)cc2)c1C. The molecule has 0 fully saturated rings. The standard InChI is InChI=1S/C18H23N3O2/c1-5-7-16-12(3)20-21(13(16)4)18(23)14-8-10-15(11-9-14)19-17(22)6-2/h8-11H,5-7H2,1-4H3,(H,19,22). The van der Waals surface area contributed by atoms with Crippen molar-refractivity contribution in [3.05, 3.63) is 46.8 Å². The van der Waals surface area contributed by atoms with Crippen LogP contribution in [0.4, 0.5) is 5.69 Å². The molecule has 5 heteroatoms. The number of nitrogens with one attached hydrogen (secondary N) is 1. The molecule has 1 amide bonds. The van der Waals surface area contributed by atoms with Crippen LogP contribution in [0.2, 0.25) is 0 Å². The molecule has 1 aromatic heterocycles.